The van der Waals surface area contributed by atoms with E-state index in [1.165, 1.54) is 10.8 Å². The van der Waals surface area contributed by atoms with E-state index in [0.29, 0.717) is 25.3 Å². The van der Waals surface area contributed by atoms with E-state index in [1.54, 1.807) is 10.9 Å². The minimum Gasteiger partial charge on any atom is -0.368 e. The van der Waals surface area contributed by atoms with Gasteiger partial charge in [-0.15, -0.1) is 5.10 Å². The van der Waals surface area contributed by atoms with Crippen LogP contribution in [0.4, 0.5) is 5.69 Å². The van der Waals surface area contributed by atoms with Crippen LogP contribution in [-0.2, 0) is 6.54 Å². The van der Waals surface area contributed by atoms with Crippen LogP contribution in [0.15, 0.2) is 72.9 Å². The quantitative estimate of drug-likeness (QED) is 0.488. The molecule has 1 aromatic heterocycles. The second kappa shape index (κ2) is 8.40. The van der Waals surface area contributed by atoms with Crippen LogP contribution < -0.4 is 4.90 Å². The fourth-order valence-electron chi connectivity index (χ4n) is 4.08. The summed E-state index contributed by atoms with van der Waals surface area (Å²) in [5.41, 5.74) is 2.62. The predicted molar refractivity (Wildman–Crippen MR) is 123 cm³/mol. The van der Waals surface area contributed by atoms with Crippen molar-refractivity contribution in [1.29, 1.82) is 0 Å². The van der Waals surface area contributed by atoms with Gasteiger partial charge in [0.15, 0.2) is 5.69 Å². The molecular weight excluding hydrogens is 410 g/mol. The number of carbonyl (C=O) groups is 1. The number of hydrogen-bond acceptors (Lipinski definition) is 4. The molecule has 0 unspecified atom stereocenters. The van der Waals surface area contributed by atoms with Crippen LogP contribution in [0.3, 0.4) is 0 Å². The molecule has 4 aromatic rings. The Morgan fingerprint density at radius 1 is 0.935 bits per heavy atom. The lowest BCUT2D eigenvalue weighted by molar-refractivity contribution is 0.0740. The van der Waals surface area contributed by atoms with E-state index >= 15 is 0 Å². The molecule has 0 atom stereocenters. The lowest BCUT2D eigenvalue weighted by Crippen LogP contribution is -2.48. The number of benzene rings is 3. The summed E-state index contributed by atoms with van der Waals surface area (Å²) in [6, 6.07) is 22.3. The molecule has 0 radical (unpaired) electrons. The molecule has 5 rings (SSSR count). The minimum atomic E-state index is -0.0742. The number of halogens is 1. The smallest absolute Gasteiger partial charge is 0.276 e. The lowest BCUT2D eigenvalue weighted by Gasteiger charge is -2.35. The third-order valence-electron chi connectivity index (χ3n) is 5.71. The Labute approximate surface area is 185 Å². The highest BCUT2D eigenvalue weighted by Crippen LogP contribution is 2.22. The van der Waals surface area contributed by atoms with Crippen molar-refractivity contribution in [3.63, 3.8) is 0 Å². The number of fused-ring (bicyclic) bond motifs is 1. The standard InChI is InChI=1S/C24H22ClN5O/c25-20-8-4-9-21(15-20)28-11-13-29(14-12-28)24(31)23-17-30(27-26-23)16-19-7-3-6-18-5-1-2-10-22(18)19/h1-10,15,17H,11-14,16H2. The van der Waals surface area contributed by atoms with Crippen LogP contribution in [0, 0.1) is 0 Å². The summed E-state index contributed by atoms with van der Waals surface area (Å²) in [4.78, 5) is 17.0. The lowest BCUT2D eigenvalue weighted by atomic mass is 10.0. The maximum Gasteiger partial charge on any atom is 0.276 e. The second-order valence-corrected chi connectivity index (χ2v) is 8.14. The Kier molecular flexibility index (Phi) is 5.30. The molecule has 0 bridgehead atoms. The summed E-state index contributed by atoms with van der Waals surface area (Å²) < 4.78 is 1.73. The minimum absolute atomic E-state index is 0.0742. The molecule has 7 heteroatoms. The van der Waals surface area contributed by atoms with Gasteiger partial charge in [-0.3, -0.25) is 4.79 Å². The summed E-state index contributed by atoms with van der Waals surface area (Å²) in [6.45, 7) is 3.37. The second-order valence-electron chi connectivity index (χ2n) is 7.70. The van der Waals surface area contributed by atoms with Crippen LogP contribution >= 0.6 is 11.6 Å². The summed E-state index contributed by atoms with van der Waals surface area (Å²) in [5, 5.41) is 11.4. The molecule has 0 aliphatic carbocycles. The number of aromatic nitrogens is 3. The molecule has 31 heavy (non-hydrogen) atoms. The van der Waals surface area contributed by atoms with Gasteiger partial charge in [-0.05, 0) is 34.5 Å². The number of amides is 1. The van der Waals surface area contributed by atoms with Gasteiger partial charge in [0.25, 0.3) is 5.91 Å². The molecule has 156 valence electrons. The Hall–Kier alpha value is -3.38. The average Bonchev–Trinajstić information content (AvgIpc) is 3.27. The van der Waals surface area contributed by atoms with Crippen LogP contribution in [0.5, 0.6) is 0 Å². The van der Waals surface area contributed by atoms with Crippen molar-refractivity contribution in [1.82, 2.24) is 19.9 Å². The Morgan fingerprint density at radius 2 is 1.71 bits per heavy atom. The highest BCUT2D eigenvalue weighted by molar-refractivity contribution is 6.30. The zero-order valence-corrected chi connectivity index (χ0v) is 17.7. The summed E-state index contributed by atoms with van der Waals surface area (Å²) >= 11 is 6.11. The number of piperazine rings is 1. The Balaban J connectivity index is 1.25. The van der Waals surface area contributed by atoms with Gasteiger partial charge in [-0.1, -0.05) is 65.3 Å². The number of carbonyl (C=O) groups excluding carboxylic acids is 1. The van der Waals surface area contributed by atoms with Gasteiger partial charge in [-0.2, -0.15) is 0 Å². The molecule has 0 saturated carbocycles. The summed E-state index contributed by atoms with van der Waals surface area (Å²) in [6.07, 6.45) is 1.74. The van der Waals surface area contributed by atoms with Crippen molar-refractivity contribution in [3.8, 4) is 0 Å². The predicted octanol–water partition coefficient (Wildman–Crippen LogP) is 4.10. The number of anilines is 1. The fraction of sp³-hybridized carbons (Fsp3) is 0.208. The number of rotatable bonds is 4. The normalized spacial score (nSPS) is 14.2. The molecule has 1 saturated heterocycles. The zero-order valence-electron chi connectivity index (χ0n) is 17.0. The molecule has 1 fully saturated rings. The number of nitrogens with zero attached hydrogens (tertiary/aromatic N) is 5. The molecule has 0 spiro atoms. The van der Waals surface area contributed by atoms with Crippen molar-refractivity contribution in [3.05, 3.63) is 89.2 Å². The third-order valence-corrected chi connectivity index (χ3v) is 5.95. The van der Waals surface area contributed by atoms with E-state index in [-0.39, 0.29) is 5.91 Å². The van der Waals surface area contributed by atoms with E-state index in [4.69, 9.17) is 11.6 Å². The van der Waals surface area contributed by atoms with Gasteiger partial charge >= 0.3 is 0 Å². The Bertz CT molecular complexity index is 1220. The number of hydrogen-bond donors (Lipinski definition) is 0. The van der Waals surface area contributed by atoms with E-state index in [9.17, 15) is 4.79 Å². The monoisotopic (exact) mass is 431 g/mol. The first-order valence-corrected chi connectivity index (χ1v) is 10.7. The van der Waals surface area contributed by atoms with Gasteiger partial charge in [0.2, 0.25) is 0 Å². The van der Waals surface area contributed by atoms with Crippen LogP contribution in [-0.4, -0.2) is 52.0 Å². The van der Waals surface area contributed by atoms with E-state index in [2.05, 4.69) is 39.5 Å². The van der Waals surface area contributed by atoms with Gasteiger partial charge in [-0.25, -0.2) is 4.68 Å². The SMILES string of the molecule is O=C(c1cn(Cc2cccc3ccccc23)nn1)N1CCN(c2cccc(Cl)c2)CC1. The van der Waals surface area contributed by atoms with E-state index in [0.717, 1.165) is 29.4 Å². The summed E-state index contributed by atoms with van der Waals surface area (Å²) in [7, 11) is 0. The first-order chi connectivity index (χ1) is 15.2. The first-order valence-electron chi connectivity index (χ1n) is 10.3. The van der Waals surface area contributed by atoms with Crippen molar-refractivity contribution in [2.75, 3.05) is 31.1 Å². The van der Waals surface area contributed by atoms with E-state index in [1.807, 2.05) is 47.4 Å². The van der Waals surface area contributed by atoms with Crippen molar-refractivity contribution in [2.45, 2.75) is 6.54 Å². The molecule has 1 amide bonds. The summed E-state index contributed by atoms with van der Waals surface area (Å²) in [5.74, 6) is -0.0742. The average molecular weight is 432 g/mol. The molecule has 3 aromatic carbocycles. The van der Waals surface area contributed by atoms with Gasteiger partial charge in [0, 0.05) is 36.9 Å². The van der Waals surface area contributed by atoms with E-state index < -0.39 is 0 Å². The topological polar surface area (TPSA) is 54.3 Å². The maximum atomic E-state index is 12.9. The van der Waals surface area contributed by atoms with Gasteiger partial charge < -0.3 is 9.80 Å². The highest BCUT2D eigenvalue weighted by Gasteiger charge is 2.24. The molecule has 6 nitrogen and oxygen atoms in total. The molecule has 1 aliphatic rings. The molecular formula is C24H22ClN5O. The maximum absolute atomic E-state index is 12.9. The molecule has 2 heterocycles. The highest BCUT2D eigenvalue weighted by atomic mass is 35.5. The van der Waals surface area contributed by atoms with Crippen LogP contribution in [0.1, 0.15) is 16.1 Å². The van der Waals surface area contributed by atoms with Crippen LogP contribution in [0.25, 0.3) is 10.8 Å². The molecule has 1 aliphatic heterocycles. The third kappa shape index (κ3) is 4.11. The fourth-order valence-corrected chi connectivity index (χ4v) is 4.27. The van der Waals surface area contributed by atoms with Crippen LogP contribution in [0.2, 0.25) is 5.02 Å². The zero-order chi connectivity index (χ0) is 21.2. The largest absolute Gasteiger partial charge is 0.368 e. The van der Waals surface area contributed by atoms with Crippen molar-refractivity contribution < 1.29 is 4.79 Å². The Morgan fingerprint density at radius 3 is 2.55 bits per heavy atom. The van der Waals surface area contributed by atoms with Gasteiger partial charge in [0.1, 0.15) is 0 Å². The first kappa shape index (κ1) is 19.6. The van der Waals surface area contributed by atoms with Crippen molar-refractivity contribution >= 4 is 34.0 Å². The van der Waals surface area contributed by atoms with Gasteiger partial charge in [0.05, 0.1) is 12.7 Å². The van der Waals surface area contributed by atoms with Crippen molar-refractivity contribution in [2.24, 2.45) is 0 Å². The molecule has 0 N–H and O–H groups in total.